The van der Waals surface area contributed by atoms with Crippen LogP contribution in [0.25, 0.3) is 0 Å². The fraction of sp³-hybridized carbons (Fsp3) is 0.200. The van der Waals surface area contributed by atoms with E-state index in [9.17, 15) is 16.8 Å². The average Bonchev–Trinajstić information content (AvgIpc) is 3.02. The highest BCUT2D eigenvalue weighted by atomic mass is 32.2. The lowest BCUT2D eigenvalue weighted by Gasteiger charge is -2.12. The predicted molar refractivity (Wildman–Crippen MR) is 108 cm³/mol. The van der Waals surface area contributed by atoms with Gasteiger partial charge in [0.15, 0.2) is 0 Å². The highest BCUT2D eigenvalue weighted by molar-refractivity contribution is 7.90. The minimum absolute atomic E-state index is 0.134. The summed E-state index contributed by atoms with van der Waals surface area (Å²) in [5.74, 6) is 0. The normalized spacial score (nSPS) is 12.2. The Morgan fingerprint density at radius 2 is 1.25 bits per heavy atom. The zero-order valence-electron chi connectivity index (χ0n) is 15.9. The molecule has 28 heavy (non-hydrogen) atoms. The van der Waals surface area contributed by atoms with Gasteiger partial charge in [0.1, 0.15) is 0 Å². The topological polar surface area (TPSA) is 85.2 Å². The molecule has 0 atom stereocenters. The van der Waals surface area contributed by atoms with Crippen molar-refractivity contribution in [2.45, 2.75) is 37.1 Å². The van der Waals surface area contributed by atoms with Gasteiger partial charge in [-0.15, -0.1) is 0 Å². The third kappa shape index (κ3) is 4.19. The molecule has 2 aromatic carbocycles. The second-order valence-electron chi connectivity index (χ2n) is 6.76. The lowest BCUT2D eigenvalue weighted by molar-refractivity contribution is 0.574. The molecule has 0 radical (unpaired) electrons. The van der Waals surface area contributed by atoms with Gasteiger partial charge in [-0.3, -0.25) is 0 Å². The molecule has 0 bridgehead atoms. The van der Waals surface area contributed by atoms with Gasteiger partial charge in [-0.25, -0.2) is 25.5 Å². The summed E-state index contributed by atoms with van der Waals surface area (Å²) < 4.78 is 54.7. The molecule has 3 rings (SSSR count). The first-order valence-electron chi connectivity index (χ1n) is 8.66. The molecule has 0 saturated carbocycles. The van der Waals surface area contributed by atoms with Crippen LogP contribution in [0.2, 0.25) is 0 Å². The molecule has 0 aliphatic heterocycles. The maximum absolute atomic E-state index is 13.0. The monoisotopic (exact) mass is 418 g/mol. The van der Waals surface area contributed by atoms with Gasteiger partial charge in [-0.05, 0) is 56.7 Å². The molecule has 6 nitrogen and oxygen atoms in total. The van der Waals surface area contributed by atoms with Crippen molar-refractivity contribution >= 4 is 20.0 Å². The average molecular weight is 419 g/mol. The molecular weight excluding hydrogens is 396 g/mol. The third-order valence-electron chi connectivity index (χ3n) is 4.35. The number of benzene rings is 2. The van der Waals surface area contributed by atoms with E-state index in [1.807, 2.05) is 13.8 Å². The summed E-state index contributed by atoms with van der Waals surface area (Å²) in [5, 5.41) is 0. The molecular formula is C20H22N2O4S2. The zero-order chi connectivity index (χ0) is 20.5. The second kappa shape index (κ2) is 7.54. The van der Waals surface area contributed by atoms with Gasteiger partial charge >= 0.3 is 0 Å². The fourth-order valence-corrected chi connectivity index (χ4v) is 5.21. The van der Waals surface area contributed by atoms with Crippen molar-refractivity contribution in [1.29, 1.82) is 0 Å². The zero-order valence-corrected chi connectivity index (χ0v) is 17.5. The Kier molecular flexibility index (Phi) is 5.47. The van der Waals surface area contributed by atoms with Crippen LogP contribution in [0.3, 0.4) is 0 Å². The molecule has 0 spiro atoms. The van der Waals surface area contributed by atoms with E-state index in [1.54, 1.807) is 49.4 Å². The Morgan fingerprint density at radius 3 is 1.79 bits per heavy atom. The van der Waals surface area contributed by atoms with Crippen LogP contribution >= 0.6 is 0 Å². The van der Waals surface area contributed by atoms with E-state index < -0.39 is 20.0 Å². The number of sulfonamides is 1. The molecule has 1 aromatic heterocycles. The minimum atomic E-state index is -3.82. The fourth-order valence-electron chi connectivity index (χ4n) is 2.78. The molecule has 0 fully saturated rings. The number of hydrogen-bond donors (Lipinski definition) is 1. The number of rotatable bonds is 6. The van der Waals surface area contributed by atoms with E-state index in [2.05, 4.69) is 4.72 Å². The van der Waals surface area contributed by atoms with Gasteiger partial charge in [0, 0.05) is 11.9 Å². The summed E-state index contributed by atoms with van der Waals surface area (Å²) in [6.07, 6.45) is 1.49. The van der Waals surface area contributed by atoms with Crippen molar-refractivity contribution in [2.24, 2.45) is 0 Å². The summed E-state index contributed by atoms with van der Waals surface area (Å²) in [6.45, 7) is 5.37. The van der Waals surface area contributed by atoms with Crippen LogP contribution in [0.15, 0.2) is 70.6 Å². The summed E-state index contributed by atoms with van der Waals surface area (Å²) in [5.41, 5.74) is 2.97. The summed E-state index contributed by atoms with van der Waals surface area (Å²) in [7, 11) is -7.58. The van der Waals surface area contributed by atoms with Crippen LogP contribution in [0.5, 0.6) is 0 Å². The number of nitrogens with one attached hydrogen (secondary N) is 1. The van der Waals surface area contributed by atoms with Crippen molar-refractivity contribution in [3.63, 3.8) is 0 Å². The highest BCUT2D eigenvalue weighted by Gasteiger charge is 2.22. The minimum Gasteiger partial charge on any atom is -0.244 e. The molecule has 3 aromatic rings. The number of hydrogen-bond acceptors (Lipinski definition) is 4. The van der Waals surface area contributed by atoms with Crippen molar-refractivity contribution < 1.29 is 16.8 Å². The smallest absolute Gasteiger partial charge is 0.244 e. The van der Waals surface area contributed by atoms with Crippen LogP contribution in [0, 0.1) is 20.8 Å². The van der Waals surface area contributed by atoms with Crippen molar-refractivity contribution in [1.82, 2.24) is 8.69 Å². The number of aromatic nitrogens is 1. The first-order valence-corrected chi connectivity index (χ1v) is 11.6. The molecule has 1 heterocycles. The van der Waals surface area contributed by atoms with Crippen molar-refractivity contribution in [3.8, 4) is 0 Å². The molecule has 0 saturated heterocycles. The Morgan fingerprint density at radius 1 is 0.750 bits per heavy atom. The summed E-state index contributed by atoms with van der Waals surface area (Å²) in [4.78, 5) is 0.283. The summed E-state index contributed by atoms with van der Waals surface area (Å²) >= 11 is 0. The van der Waals surface area contributed by atoms with Crippen LogP contribution in [-0.4, -0.2) is 20.8 Å². The van der Waals surface area contributed by atoms with Crippen LogP contribution in [0.1, 0.15) is 22.4 Å². The van der Waals surface area contributed by atoms with E-state index in [4.69, 9.17) is 0 Å². The van der Waals surface area contributed by atoms with Crippen LogP contribution in [0.4, 0.5) is 0 Å². The van der Waals surface area contributed by atoms with E-state index >= 15 is 0 Å². The first kappa shape index (κ1) is 20.3. The van der Waals surface area contributed by atoms with Crippen LogP contribution < -0.4 is 4.72 Å². The largest absolute Gasteiger partial charge is 0.267 e. The standard InChI is InChI=1S/C20H22N2O4S2/c1-15-4-8-19(9-5-15)27(23,24)21-13-18-12-17(3)14-22(18)28(25,26)20-10-6-16(2)7-11-20/h4-12,14,21H,13H2,1-3H3. The third-order valence-corrected chi connectivity index (χ3v) is 7.49. The SMILES string of the molecule is Cc1ccc(S(=O)(=O)NCc2cc(C)cn2S(=O)(=O)c2ccc(C)cc2)cc1. The lowest BCUT2D eigenvalue weighted by atomic mass is 10.2. The number of nitrogens with zero attached hydrogens (tertiary/aromatic N) is 1. The molecule has 0 aliphatic carbocycles. The van der Waals surface area contributed by atoms with Gasteiger partial charge < -0.3 is 0 Å². The first-order chi connectivity index (χ1) is 13.1. The molecule has 8 heteroatoms. The van der Waals surface area contributed by atoms with E-state index in [0.29, 0.717) is 5.69 Å². The lowest BCUT2D eigenvalue weighted by Crippen LogP contribution is -2.26. The maximum atomic E-state index is 13.0. The Balaban J connectivity index is 1.90. The van der Waals surface area contributed by atoms with E-state index in [1.165, 1.54) is 18.3 Å². The van der Waals surface area contributed by atoms with Gasteiger partial charge in [-0.2, -0.15) is 0 Å². The molecule has 0 unspecified atom stereocenters. The van der Waals surface area contributed by atoms with E-state index in [0.717, 1.165) is 20.7 Å². The number of aryl methyl sites for hydroxylation is 3. The summed E-state index contributed by atoms with van der Waals surface area (Å²) in [6, 6.07) is 14.7. The van der Waals surface area contributed by atoms with Crippen LogP contribution in [-0.2, 0) is 26.6 Å². The van der Waals surface area contributed by atoms with Crippen molar-refractivity contribution in [2.75, 3.05) is 0 Å². The quantitative estimate of drug-likeness (QED) is 0.666. The molecule has 148 valence electrons. The van der Waals surface area contributed by atoms with Crippen molar-refractivity contribution in [3.05, 3.63) is 83.2 Å². The Hall–Kier alpha value is -2.42. The molecule has 0 aliphatic rings. The van der Waals surface area contributed by atoms with Gasteiger partial charge in [0.05, 0.1) is 16.3 Å². The van der Waals surface area contributed by atoms with E-state index in [-0.39, 0.29) is 16.3 Å². The Labute approximate surface area is 165 Å². The Bertz CT molecular complexity index is 1190. The molecule has 0 amide bonds. The second-order valence-corrected chi connectivity index (χ2v) is 10.3. The van der Waals surface area contributed by atoms with Gasteiger partial charge in [0.25, 0.3) is 10.0 Å². The predicted octanol–water partition coefficient (Wildman–Crippen LogP) is 3.13. The van der Waals surface area contributed by atoms with Gasteiger partial charge in [-0.1, -0.05) is 35.4 Å². The molecule has 1 N–H and O–H groups in total. The van der Waals surface area contributed by atoms with Gasteiger partial charge in [0.2, 0.25) is 10.0 Å². The highest BCUT2D eigenvalue weighted by Crippen LogP contribution is 2.20. The maximum Gasteiger partial charge on any atom is 0.267 e.